The molecule has 10 heteroatoms. The van der Waals surface area contributed by atoms with Gasteiger partial charge in [0, 0.05) is 19.2 Å². The van der Waals surface area contributed by atoms with Gasteiger partial charge in [-0.05, 0) is 47.0 Å². The molecule has 0 bridgehead atoms. The first-order valence-corrected chi connectivity index (χ1v) is 10.3. The van der Waals surface area contributed by atoms with Crippen LogP contribution in [-0.4, -0.2) is 64.2 Å². The molecule has 2 amide bonds. The van der Waals surface area contributed by atoms with Crippen molar-refractivity contribution in [2.45, 2.75) is 19.3 Å². The van der Waals surface area contributed by atoms with Gasteiger partial charge in [0.15, 0.2) is 11.5 Å². The van der Waals surface area contributed by atoms with Crippen LogP contribution in [0.15, 0.2) is 42.7 Å². The minimum Gasteiger partial charge on any atom is -0.493 e. The Hall–Kier alpha value is -3.95. The van der Waals surface area contributed by atoms with Crippen molar-refractivity contribution in [2.24, 2.45) is 0 Å². The van der Waals surface area contributed by atoms with E-state index in [9.17, 15) is 9.59 Å². The molecule has 3 aromatic rings. The number of carbonyl (C=O) groups excluding carboxylic acids is 2. The number of carbonyl (C=O) groups is 2. The zero-order valence-corrected chi connectivity index (χ0v) is 17.9. The Morgan fingerprint density at radius 1 is 1.03 bits per heavy atom. The molecule has 0 spiro atoms. The smallest absolute Gasteiger partial charge is 0.256 e. The van der Waals surface area contributed by atoms with E-state index in [4.69, 9.17) is 9.47 Å². The fraction of sp³-hybridized carbons (Fsp3) is 0.318. The minimum atomic E-state index is -0.247. The SMILES string of the molecule is COc1cc(NC(=O)Cc2ccc(-n3cnnn3)cc2)c(C(=O)N2CCCC2)cc1OC. The highest BCUT2D eigenvalue weighted by atomic mass is 16.5. The van der Waals surface area contributed by atoms with E-state index < -0.39 is 0 Å². The van der Waals surface area contributed by atoms with Gasteiger partial charge in [-0.1, -0.05) is 12.1 Å². The lowest BCUT2D eigenvalue weighted by Gasteiger charge is -2.20. The van der Waals surface area contributed by atoms with Crippen molar-refractivity contribution in [2.75, 3.05) is 32.6 Å². The summed E-state index contributed by atoms with van der Waals surface area (Å²) in [7, 11) is 3.02. The van der Waals surface area contributed by atoms with Gasteiger partial charge in [0.25, 0.3) is 5.91 Å². The van der Waals surface area contributed by atoms with Crippen LogP contribution in [0.1, 0.15) is 28.8 Å². The predicted octanol–water partition coefficient (Wildman–Crippen LogP) is 2.10. The summed E-state index contributed by atoms with van der Waals surface area (Å²) in [6.07, 6.45) is 3.59. The number of likely N-dealkylation sites (tertiary alicyclic amines) is 1. The van der Waals surface area contributed by atoms with Crippen LogP contribution in [-0.2, 0) is 11.2 Å². The van der Waals surface area contributed by atoms with Crippen LogP contribution in [0.25, 0.3) is 5.69 Å². The molecule has 0 unspecified atom stereocenters. The van der Waals surface area contributed by atoms with Crippen molar-refractivity contribution in [1.29, 1.82) is 0 Å². The van der Waals surface area contributed by atoms with E-state index in [0.29, 0.717) is 35.8 Å². The third-order valence-corrected chi connectivity index (χ3v) is 5.34. The molecular formula is C22H24N6O4. The Balaban J connectivity index is 1.54. The van der Waals surface area contributed by atoms with Gasteiger partial charge >= 0.3 is 0 Å². The summed E-state index contributed by atoms with van der Waals surface area (Å²) in [5.74, 6) is 0.491. The molecular weight excluding hydrogens is 412 g/mol. The number of methoxy groups -OCH3 is 2. The van der Waals surface area contributed by atoms with Crippen LogP contribution in [0, 0.1) is 0 Å². The second kappa shape index (κ2) is 9.46. The van der Waals surface area contributed by atoms with E-state index in [1.165, 1.54) is 25.2 Å². The standard InChI is InChI=1S/C22H24N6O4/c1-31-19-12-17(22(30)27-9-3-4-10-27)18(13-20(19)32-2)24-21(29)11-15-5-7-16(8-6-15)28-14-23-25-26-28/h5-8,12-14H,3-4,9-11H2,1-2H3,(H,24,29). The average Bonchev–Trinajstić information content (AvgIpc) is 3.53. The van der Waals surface area contributed by atoms with Crippen molar-refractivity contribution in [3.05, 3.63) is 53.9 Å². The summed E-state index contributed by atoms with van der Waals surface area (Å²) in [5.41, 5.74) is 2.38. The molecule has 0 atom stereocenters. The summed E-state index contributed by atoms with van der Waals surface area (Å²) in [4.78, 5) is 27.7. The van der Waals surface area contributed by atoms with Gasteiger partial charge in [-0.3, -0.25) is 9.59 Å². The zero-order valence-electron chi connectivity index (χ0n) is 17.9. The van der Waals surface area contributed by atoms with Gasteiger partial charge in [-0.25, -0.2) is 4.68 Å². The number of anilines is 1. The summed E-state index contributed by atoms with van der Waals surface area (Å²) in [5, 5.41) is 13.9. The summed E-state index contributed by atoms with van der Waals surface area (Å²) in [6, 6.07) is 10.6. The molecule has 4 rings (SSSR count). The highest BCUT2D eigenvalue weighted by Gasteiger charge is 2.25. The molecule has 0 radical (unpaired) electrons. The number of ether oxygens (including phenoxy) is 2. The van der Waals surface area contributed by atoms with Crippen LogP contribution >= 0.6 is 0 Å². The van der Waals surface area contributed by atoms with Crippen molar-refractivity contribution in [3.8, 4) is 17.2 Å². The van der Waals surface area contributed by atoms with Crippen molar-refractivity contribution >= 4 is 17.5 Å². The average molecular weight is 436 g/mol. The molecule has 0 aliphatic carbocycles. The number of benzene rings is 2. The second-order valence-electron chi connectivity index (χ2n) is 7.40. The first-order chi connectivity index (χ1) is 15.6. The van der Waals surface area contributed by atoms with Crippen LogP contribution in [0.4, 0.5) is 5.69 Å². The van der Waals surface area contributed by atoms with Crippen molar-refractivity contribution in [3.63, 3.8) is 0 Å². The molecule has 1 aliphatic heterocycles. The van der Waals surface area contributed by atoms with Crippen LogP contribution in [0.3, 0.4) is 0 Å². The molecule has 2 aromatic carbocycles. The summed E-state index contributed by atoms with van der Waals surface area (Å²) >= 11 is 0. The number of amides is 2. The minimum absolute atomic E-state index is 0.135. The Kier molecular flexibility index (Phi) is 6.29. The summed E-state index contributed by atoms with van der Waals surface area (Å²) in [6.45, 7) is 1.41. The second-order valence-corrected chi connectivity index (χ2v) is 7.40. The number of hydrogen-bond donors (Lipinski definition) is 1. The van der Waals surface area contributed by atoms with Crippen LogP contribution in [0.5, 0.6) is 11.5 Å². The number of rotatable bonds is 7. The van der Waals surface area contributed by atoms with Gasteiger partial charge in [-0.15, -0.1) is 5.10 Å². The van der Waals surface area contributed by atoms with E-state index in [2.05, 4.69) is 20.8 Å². The zero-order chi connectivity index (χ0) is 22.5. The molecule has 1 N–H and O–H groups in total. The van der Waals surface area contributed by atoms with Gasteiger partial charge in [0.1, 0.15) is 6.33 Å². The number of nitrogens with one attached hydrogen (secondary N) is 1. The highest BCUT2D eigenvalue weighted by molar-refractivity contribution is 6.05. The third-order valence-electron chi connectivity index (χ3n) is 5.34. The normalized spacial score (nSPS) is 13.1. The number of hydrogen-bond acceptors (Lipinski definition) is 7. The molecule has 1 saturated heterocycles. The van der Waals surface area contributed by atoms with E-state index in [-0.39, 0.29) is 18.2 Å². The molecule has 32 heavy (non-hydrogen) atoms. The first kappa shape index (κ1) is 21.3. The fourth-order valence-corrected chi connectivity index (χ4v) is 3.68. The first-order valence-electron chi connectivity index (χ1n) is 10.3. The molecule has 2 heterocycles. The van der Waals surface area contributed by atoms with E-state index in [1.54, 1.807) is 17.0 Å². The van der Waals surface area contributed by atoms with Gasteiger partial charge < -0.3 is 19.7 Å². The Labute approximate surface area is 185 Å². The van der Waals surface area contributed by atoms with E-state index in [1.807, 2.05) is 24.3 Å². The van der Waals surface area contributed by atoms with E-state index >= 15 is 0 Å². The van der Waals surface area contributed by atoms with Gasteiger partial charge in [0.05, 0.1) is 37.6 Å². The maximum Gasteiger partial charge on any atom is 0.256 e. The molecule has 166 valence electrons. The number of nitrogens with zero attached hydrogens (tertiary/aromatic N) is 5. The maximum atomic E-state index is 13.1. The monoisotopic (exact) mass is 436 g/mol. The van der Waals surface area contributed by atoms with Crippen LogP contribution in [0.2, 0.25) is 0 Å². The largest absolute Gasteiger partial charge is 0.493 e. The quantitative estimate of drug-likeness (QED) is 0.604. The van der Waals surface area contributed by atoms with Crippen molar-refractivity contribution in [1.82, 2.24) is 25.1 Å². The lowest BCUT2D eigenvalue weighted by molar-refractivity contribution is -0.115. The predicted molar refractivity (Wildman–Crippen MR) is 116 cm³/mol. The molecule has 1 aromatic heterocycles. The topological polar surface area (TPSA) is 111 Å². The van der Waals surface area contributed by atoms with Gasteiger partial charge in [-0.2, -0.15) is 0 Å². The number of tetrazole rings is 1. The highest BCUT2D eigenvalue weighted by Crippen LogP contribution is 2.34. The third kappa shape index (κ3) is 4.53. The lowest BCUT2D eigenvalue weighted by atomic mass is 10.1. The summed E-state index contributed by atoms with van der Waals surface area (Å²) < 4.78 is 12.3. The molecule has 1 fully saturated rings. The number of aromatic nitrogens is 4. The Morgan fingerprint density at radius 3 is 2.34 bits per heavy atom. The fourth-order valence-electron chi connectivity index (χ4n) is 3.68. The van der Waals surface area contributed by atoms with Gasteiger partial charge in [0.2, 0.25) is 5.91 Å². The Bertz CT molecular complexity index is 1090. The maximum absolute atomic E-state index is 13.1. The van der Waals surface area contributed by atoms with Crippen molar-refractivity contribution < 1.29 is 19.1 Å². The molecule has 1 aliphatic rings. The lowest BCUT2D eigenvalue weighted by Crippen LogP contribution is -2.29. The Morgan fingerprint density at radius 2 is 1.72 bits per heavy atom. The van der Waals surface area contributed by atoms with Crippen LogP contribution < -0.4 is 14.8 Å². The molecule has 0 saturated carbocycles. The molecule has 10 nitrogen and oxygen atoms in total. The van der Waals surface area contributed by atoms with E-state index in [0.717, 1.165) is 24.1 Å².